The number of carboxylic acids is 1. The molecule has 0 fully saturated rings. The van der Waals surface area contributed by atoms with E-state index in [-0.39, 0.29) is 19.0 Å². The molecule has 2 N–H and O–H groups in total. The lowest BCUT2D eigenvalue weighted by molar-refractivity contribution is -0.138. The van der Waals surface area contributed by atoms with Gasteiger partial charge in [-0.15, -0.1) is 0 Å². The molecule has 0 aliphatic rings. The highest BCUT2D eigenvalue weighted by atomic mass is 16.5. The van der Waals surface area contributed by atoms with Gasteiger partial charge in [0.15, 0.2) is 0 Å². The molecule has 0 unspecified atom stereocenters. The lowest BCUT2D eigenvalue weighted by Crippen LogP contribution is -2.37. The van der Waals surface area contributed by atoms with Gasteiger partial charge in [-0.05, 0) is 13.1 Å². The van der Waals surface area contributed by atoms with Crippen LogP contribution in [0.5, 0.6) is 11.5 Å². The minimum Gasteiger partial charge on any atom is -0.497 e. The van der Waals surface area contributed by atoms with Crippen LogP contribution in [0.2, 0.25) is 0 Å². The van der Waals surface area contributed by atoms with Crippen molar-refractivity contribution in [3.63, 3.8) is 0 Å². The zero-order chi connectivity index (χ0) is 15.8. The Hall–Kier alpha value is -2.28. The average Bonchev–Trinajstić information content (AvgIpc) is 2.45. The zero-order valence-corrected chi connectivity index (χ0v) is 12.4. The predicted molar refractivity (Wildman–Crippen MR) is 76.5 cm³/mol. The molecule has 0 aliphatic heterocycles. The second kappa shape index (κ2) is 8.11. The van der Waals surface area contributed by atoms with Crippen molar-refractivity contribution in [2.24, 2.45) is 0 Å². The molecule has 1 aromatic rings. The maximum absolute atomic E-state index is 11.5. The van der Waals surface area contributed by atoms with Crippen molar-refractivity contribution in [2.75, 3.05) is 34.4 Å². The van der Waals surface area contributed by atoms with Gasteiger partial charge in [0, 0.05) is 18.2 Å². The molecule has 0 saturated heterocycles. The van der Waals surface area contributed by atoms with Gasteiger partial charge >= 0.3 is 5.97 Å². The second-order valence-corrected chi connectivity index (χ2v) is 4.52. The van der Waals surface area contributed by atoms with E-state index < -0.39 is 5.97 Å². The molecule has 0 aliphatic carbocycles. The van der Waals surface area contributed by atoms with Gasteiger partial charge in [0.2, 0.25) is 5.91 Å². The number of likely N-dealkylation sites (N-methyl/N-ethyl adjacent to an activating group) is 1. The Morgan fingerprint density at radius 1 is 1.29 bits per heavy atom. The van der Waals surface area contributed by atoms with Crippen molar-refractivity contribution < 1.29 is 24.2 Å². The molecule has 0 bridgehead atoms. The molecular formula is C14H20N2O5. The van der Waals surface area contributed by atoms with Gasteiger partial charge in [-0.3, -0.25) is 14.5 Å². The predicted octanol–water partition coefficient (Wildman–Crippen LogP) is 0.336. The summed E-state index contributed by atoms with van der Waals surface area (Å²) in [6.45, 7) is 0.217. The highest BCUT2D eigenvalue weighted by Crippen LogP contribution is 2.25. The standard InChI is InChI=1S/C14H20N2O5/c1-16(9-13(17)15-7-14(18)19)8-10-4-5-11(20-2)6-12(10)21-3/h4-6H,7-9H2,1-3H3,(H,15,17)(H,18,19). The molecule has 0 aromatic heterocycles. The topological polar surface area (TPSA) is 88.1 Å². The van der Waals surface area contributed by atoms with E-state index in [4.69, 9.17) is 14.6 Å². The molecule has 1 rings (SSSR count). The van der Waals surface area contributed by atoms with Crippen LogP contribution in [-0.2, 0) is 16.1 Å². The maximum Gasteiger partial charge on any atom is 0.322 e. The fraction of sp³-hybridized carbons (Fsp3) is 0.429. The number of carboxylic acid groups (broad SMARTS) is 1. The number of nitrogens with zero attached hydrogens (tertiary/aromatic N) is 1. The highest BCUT2D eigenvalue weighted by Gasteiger charge is 2.11. The van der Waals surface area contributed by atoms with Crippen molar-refractivity contribution in [3.05, 3.63) is 23.8 Å². The summed E-state index contributed by atoms with van der Waals surface area (Å²) in [5.74, 6) is -0.0418. The van der Waals surface area contributed by atoms with E-state index in [1.54, 1.807) is 32.2 Å². The van der Waals surface area contributed by atoms with Crippen LogP contribution in [0, 0.1) is 0 Å². The molecule has 0 atom stereocenters. The first-order valence-corrected chi connectivity index (χ1v) is 6.34. The van der Waals surface area contributed by atoms with E-state index in [2.05, 4.69) is 5.32 Å². The smallest absolute Gasteiger partial charge is 0.322 e. The molecule has 0 radical (unpaired) electrons. The van der Waals surface area contributed by atoms with Crippen LogP contribution in [-0.4, -0.2) is 56.2 Å². The molecule has 21 heavy (non-hydrogen) atoms. The Morgan fingerprint density at radius 2 is 2.00 bits per heavy atom. The van der Waals surface area contributed by atoms with Crippen molar-refractivity contribution >= 4 is 11.9 Å². The Morgan fingerprint density at radius 3 is 2.57 bits per heavy atom. The van der Waals surface area contributed by atoms with Crippen LogP contribution >= 0.6 is 0 Å². The van der Waals surface area contributed by atoms with E-state index in [1.165, 1.54) is 0 Å². The van der Waals surface area contributed by atoms with E-state index in [0.717, 1.165) is 5.56 Å². The van der Waals surface area contributed by atoms with Crippen LogP contribution in [0.3, 0.4) is 0 Å². The number of ether oxygens (including phenoxy) is 2. The summed E-state index contributed by atoms with van der Waals surface area (Å²) in [5.41, 5.74) is 0.909. The maximum atomic E-state index is 11.5. The lowest BCUT2D eigenvalue weighted by Gasteiger charge is -2.18. The summed E-state index contributed by atoms with van der Waals surface area (Å²) >= 11 is 0. The van der Waals surface area contributed by atoms with E-state index in [1.807, 2.05) is 12.1 Å². The number of carbonyl (C=O) groups excluding carboxylic acids is 1. The number of benzene rings is 1. The highest BCUT2D eigenvalue weighted by molar-refractivity contribution is 5.82. The number of aliphatic carboxylic acids is 1. The van der Waals surface area contributed by atoms with E-state index >= 15 is 0 Å². The summed E-state index contributed by atoms with van der Waals surface area (Å²) in [6.07, 6.45) is 0. The van der Waals surface area contributed by atoms with Crippen LogP contribution in [0.15, 0.2) is 18.2 Å². The van der Waals surface area contributed by atoms with Gasteiger partial charge in [-0.25, -0.2) is 0 Å². The molecule has 1 aromatic carbocycles. The Kier molecular flexibility index (Phi) is 6.48. The molecule has 7 heteroatoms. The van der Waals surface area contributed by atoms with Crippen LogP contribution in [0.25, 0.3) is 0 Å². The number of methoxy groups -OCH3 is 2. The number of rotatable bonds is 8. The van der Waals surface area contributed by atoms with Gasteiger partial charge in [0.05, 0.1) is 20.8 Å². The van der Waals surface area contributed by atoms with Crippen molar-refractivity contribution in [3.8, 4) is 11.5 Å². The SMILES string of the molecule is COc1ccc(CN(C)CC(=O)NCC(=O)O)c(OC)c1. The number of nitrogens with one attached hydrogen (secondary N) is 1. The number of hydrogen-bond acceptors (Lipinski definition) is 5. The summed E-state index contributed by atoms with van der Waals surface area (Å²) in [5, 5.41) is 10.8. The van der Waals surface area contributed by atoms with Crippen LogP contribution < -0.4 is 14.8 Å². The third kappa shape index (κ3) is 5.70. The quantitative estimate of drug-likeness (QED) is 0.719. The molecule has 0 saturated carbocycles. The van der Waals surface area contributed by atoms with Gasteiger partial charge < -0.3 is 19.9 Å². The molecule has 0 spiro atoms. The fourth-order valence-electron chi connectivity index (χ4n) is 1.80. The van der Waals surface area contributed by atoms with E-state index in [0.29, 0.717) is 18.0 Å². The molecule has 116 valence electrons. The molecule has 7 nitrogen and oxygen atoms in total. The van der Waals surface area contributed by atoms with Gasteiger partial charge in [-0.1, -0.05) is 6.07 Å². The third-order valence-corrected chi connectivity index (χ3v) is 2.78. The zero-order valence-electron chi connectivity index (χ0n) is 12.4. The van der Waals surface area contributed by atoms with E-state index in [9.17, 15) is 9.59 Å². The van der Waals surface area contributed by atoms with Gasteiger partial charge in [0.25, 0.3) is 0 Å². The van der Waals surface area contributed by atoms with Crippen molar-refractivity contribution in [1.29, 1.82) is 0 Å². The van der Waals surface area contributed by atoms with Crippen molar-refractivity contribution in [2.45, 2.75) is 6.54 Å². The summed E-state index contributed by atoms with van der Waals surface area (Å²) in [7, 11) is 4.91. The monoisotopic (exact) mass is 296 g/mol. The Balaban J connectivity index is 2.59. The van der Waals surface area contributed by atoms with Gasteiger partial charge in [0.1, 0.15) is 18.0 Å². The summed E-state index contributed by atoms with van der Waals surface area (Å²) < 4.78 is 10.4. The van der Waals surface area contributed by atoms with Gasteiger partial charge in [-0.2, -0.15) is 0 Å². The summed E-state index contributed by atoms with van der Waals surface area (Å²) in [6, 6.07) is 5.45. The molecule has 0 heterocycles. The molecule has 1 amide bonds. The fourth-order valence-corrected chi connectivity index (χ4v) is 1.80. The minimum atomic E-state index is -1.07. The average molecular weight is 296 g/mol. The first-order valence-electron chi connectivity index (χ1n) is 6.34. The summed E-state index contributed by atoms with van der Waals surface area (Å²) in [4.78, 5) is 23.7. The van der Waals surface area contributed by atoms with Crippen molar-refractivity contribution in [1.82, 2.24) is 10.2 Å². The Bertz CT molecular complexity index is 504. The number of carbonyl (C=O) groups is 2. The molecular weight excluding hydrogens is 276 g/mol. The minimum absolute atomic E-state index is 0.0997. The van der Waals surface area contributed by atoms with Crippen LogP contribution in [0.4, 0.5) is 0 Å². The van der Waals surface area contributed by atoms with Crippen LogP contribution in [0.1, 0.15) is 5.56 Å². The normalized spacial score (nSPS) is 10.3. The largest absolute Gasteiger partial charge is 0.497 e. The number of amides is 1. The first-order chi connectivity index (χ1) is 9.96. The second-order valence-electron chi connectivity index (χ2n) is 4.52. The first kappa shape index (κ1) is 16.8. The Labute approximate surface area is 123 Å². The lowest BCUT2D eigenvalue weighted by atomic mass is 10.2. The third-order valence-electron chi connectivity index (χ3n) is 2.78. The number of hydrogen-bond donors (Lipinski definition) is 2.